The smallest absolute Gasteiger partial charge is 0.330 e. The maximum Gasteiger partial charge on any atom is 0.330 e. The summed E-state index contributed by atoms with van der Waals surface area (Å²) in [7, 11) is 0.296. The van der Waals surface area contributed by atoms with E-state index in [2.05, 4.69) is 31.0 Å². The van der Waals surface area contributed by atoms with Crippen LogP contribution in [-0.4, -0.2) is 53.4 Å². The van der Waals surface area contributed by atoms with Gasteiger partial charge in [0.25, 0.3) is 0 Å². The molecule has 144 valence electrons. The van der Waals surface area contributed by atoms with Crippen molar-refractivity contribution in [1.29, 1.82) is 0 Å². The zero-order valence-corrected chi connectivity index (χ0v) is 17.3. The second-order valence-corrected chi connectivity index (χ2v) is 12.5. The van der Waals surface area contributed by atoms with E-state index in [9.17, 15) is 4.79 Å². The Balaban J connectivity index is 3.88. The van der Waals surface area contributed by atoms with Crippen LogP contribution in [-0.2, 0) is 23.7 Å². The summed E-state index contributed by atoms with van der Waals surface area (Å²) < 4.78 is 21.2. The highest BCUT2D eigenvalue weighted by molar-refractivity contribution is 6.76. The summed E-state index contributed by atoms with van der Waals surface area (Å²) in [6.07, 6.45) is 9.25. The number of hydrogen-bond donors (Lipinski definition) is 0. The number of carbonyl (C=O) groups excluding carboxylic acids is 1. The van der Waals surface area contributed by atoms with Gasteiger partial charge in [0.15, 0.2) is 0 Å². The largest absolute Gasteiger partial charge is 0.466 e. The number of ether oxygens (including phenoxy) is 4. The van der Waals surface area contributed by atoms with E-state index >= 15 is 0 Å². The van der Waals surface area contributed by atoms with E-state index in [4.69, 9.17) is 14.2 Å². The topological polar surface area (TPSA) is 54.0 Å². The van der Waals surface area contributed by atoms with Crippen molar-refractivity contribution in [3.8, 4) is 0 Å². The van der Waals surface area contributed by atoms with Gasteiger partial charge in [0.2, 0.25) is 0 Å². The molecule has 0 aliphatic carbocycles. The molecule has 0 aromatic carbocycles. The predicted octanol–water partition coefficient (Wildman–Crippen LogP) is 3.95. The Morgan fingerprint density at radius 1 is 1.20 bits per heavy atom. The lowest BCUT2D eigenvalue weighted by atomic mass is 10.2. The molecule has 0 heterocycles. The Hall–Kier alpha value is -1.21. The van der Waals surface area contributed by atoms with E-state index in [1.54, 1.807) is 12.2 Å². The van der Waals surface area contributed by atoms with E-state index in [1.165, 1.54) is 13.2 Å². The predicted molar refractivity (Wildman–Crippen MR) is 104 cm³/mol. The molecule has 0 aliphatic heterocycles. The third-order valence-corrected chi connectivity index (χ3v) is 5.01. The molecule has 25 heavy (non-hydrogen) atoms. The van der Waals surface area contributed by atoms with Crippen molar-refractivity contribution >= 4 is 14.0 Å². The lowest BCUT2D eigenvalue weighted by molar-refractivity contribution is -0.134. The molecule has 5 nitrogen and oxygen atoms in total. The van der Waals surface area contributed by atoms with Gasteiger partial charge >= 0.3 is 5.97 Å². The Morgan fingerprint density at radius 2 is 1.92 bits per heavy atom. The molecule has 0 bridgehead atoms. The fraction of sp³-hybridized carbons (Fsp3) is 0.632. The second-order valence-electron chi connectivity index (χ2n) is 6.91. The molecule has 0 saturated carbocycles. The number of methoxy groups -OCH3 is 1. The maximum absolute atomic E-state index is 10.9. The molecule has 0 spiro atoms. The van der Waals surface area contributed by atoms with Crippen LogP contribution in [0.3, 0.4) is 0 Å². The Bertz CT molecular complexity index is 426. The standard InChI is InChI=1S/C19H34O5Si/c1-7-18(23-13-9-12-19(20)21-3)11-8-10-17(2)24-16-22-14-15-25(4,5)6/h7-10,12,17-18H,1,11,13-16H2,2-6H3/b10-8-,12-9+/t17-,18-/m1/s1. The summed E-state index contributed by atoms with van der Waals surface area (Å²) in [5, 5.41) is 0. The van der Waals surface area contributed by atoms with Gasteiger partial charge in [-0.25, -0.2) is 4.79 Å². The molecule has 2 atom stereocenters. The maximum atomic E-state index is 10.9. The van der Waals surface area contributed by atoms with Gasteiger partial charge in [-0.15, -0.1) is 6.58 Å². The zero-order chi connectivity index (χ0) is 19.1. The van der Waals surface area contributed by atoms with Crippen molar-refractivity contribution in [3.05, 3.63) is 37.0 Å². The number of esters is 1. The van der Waals surface area contributed by atoms with Crippen LogP contribution in [0.15, 0.2) is 37.0 Å². The fourth-order valence-corrected chi connectivity index (χ4v) is 2.43. The third-order valence-electron chi connectivity index (χ3n) is 3.31. The minimum Gasteiger partial charge on any atom is -0.466 e. The van der Waals surface area contributed by atoms with Crippen LogP contribution >= 0.6 is 0 Å². The summed E-state index contributed by atoms with van der Waals surface area (Å²) in [6.45, 7) is 14.1. The highest BCUT2D eigenvalue weighted by atomic mass is 28.3. The van der Waals surface area contributed by atoms with Gasteiger partial charge in [-0.3, -0.25) is 0 Å². The molecule has 0 aromatic heterocycles. The van der Waals surface area contributed by atoms with Crippen LogP contribution in [0, 0.1) is 0 Å². The van der Waals surface area contributed by atoms with Crippen molar-refractivity contribution in [1.82, 2.24) is 0 Å². The van der Waals surface area contributed by atoms with Crippen LogP contribution in [0.25, 0.3) is 0 Å². The van der Waals surface area contributed by atoms with Crippen molar-refractivity contribution in [2.45, 2.75) is 51.2 Å². The van der Waals surface area contributed by atoms with Crippen LogP contribution in [0.1, 0.15) is 13.3 Å². The average molecular weight is 371 g/mol. The second kappa shape index (κ2) is 14.0. The molecule has 0 N–H and O–H groups in total. The van der Waals surface area contributed by atoms with Gasteiger partial charge < -0.3 is 18.9 Å². The monoisotopic (exact) mass is 370 g/mol. The molecule has 0 saturated heterocycles. The summed E-state index contributed by atoms with van der Waals surface area (Å²) in [4.78, 5) is 10.9. The molecule has 0 fully saturated rings. The number of rotatable bonds is 14. The quantitative estimate of drug-likeness (QED) is 0.116. The van der Waals surface area contributed by atoms with Crippen molar-refractivity contribution in [2.75, 3.05) is 27.1 Å². The van der Waals surface area contributed by atoms with E-state index in [0.29, 0.717) is 19.8 Å². The van der Waals surface area contributed by atoms with Gasteiger partial charge in [-0.05, 0) is 19.4 Å². The molecule has 0 aromatic rings. The van der Waals surface area contributed by atoms with Crippen LogP contribution in [0.5, 0.6) is 0 Å². The Kier molecular flexibility index (Phi) is 13.3. The van der Waals surface area contributed by atoms with Crippen LogP contribution < -0.4 is 0 Å². The number of carbonyl (C=O) groups is 1. The third kappa shape index (κ3) is 16.0. The molecular weight excluding hydrogens is 336 g/mol. The van der Waals surface area contributed by atoms with E-state index in [0.717, 1.165) is 12.7 Å². The molecular formula is C19H34O5Si. The van der Waals surface area contributed by atoms with E-state index in [-0.39, 0.29) is 12.2 Å². The van der Waals surface area contributed by atoms with Crippen molar-refractivity contribution in [2.24, 2.45) is 0 Å². The van der Waals surface area contributed by atoms with Crippen molar-refractivity contribution < 1.29 is 23.7 Å². The van der Waals surface area contributed by atoms with Crippen LogP contribution in [0.2, 0.25) is 25.7 Å². The first kappa shape index (κ1) is 23.8. The fourth-order valence-electron chi connectivity index (χ4n) is 1.68. The average Bonchev–Trinajstić information content (AvgIpc) is 2.55. The van der Waals surface area contributed by atoms with Gasteiger partial charge in [0, 0.05) is 20.8 Å². The summed E-state index contributed by atoms with van der Waals surface area (Å²) >= 11 is 0. The Labute approximate surface area is 153 Å². The SMILES string of the molecule is C=C[C@H](C/C=C\[C@@H](C)OCOCC[Si](C)(C)C)OC/C=C/C(=O)OC. The number of hydrogen-bond acceptors (Lipinski definition) is 5. The molecule has 0 rings (SSSR count). The molecule has 0 unspecified atom stereocenters. The molecule has 0 aliphatic rings. The molecule has 6 heteroatoms. The highest BCUT2D eigenvalue weighted by Crippen LogP contribution is 2.08. The van der Waals surface area contributed by atoms with Gasteiger partial charge in [-0.2, -0.15) is 0 Å². The lowest BCUT2D eigenvalue weighted by Crippen LogP contribution is -2.22. The first-order valence-electron chi connectivity index (χ1n) is 8.63. The van der Waals surface area contributed by atoms with Gasteiger partial charge in [0.05, 0.1) is 25.9 Å². The Morgan fingerprint density at radius 3 is 2.52 bits per heavy atom. The van der Waals surface area contributed by atoms with E-state index in [1.807, 2.05) is 19.1 Å². The minimum atomic E-state index is -1.04. The lowest BCUT2D eigenvalue weighted by Gasteiger charge is -2.16. The first-order chi connectivity index (χ1) is 11.8. The van der Waals surface area contributed by atoms with Crippen LogP contribution in [0.4, 0.5) is 0 Å². The highest BCUT2D eigenvalue weighted by Gasteiger charge is 2.12. The summed E-state index contributed by atoms with van der Waals surface area (Å²) in [5.41, 5.74) is 0. The molecule has 0 amide bonds. The summed E-state index contributed by atoms with van der Waals surface area (Å²) in [5.74, 6) is -0.392. The van der Waals surface area contributed by atoms with Crippen molar-refractivity contribution in [3.63, 3.8) is 0 Å². The van der Waals surface area contributed by atoms with Gasteiger partial charge in [0.1, 0.15) is 6.79 Å². The minimum absolute atomic E-state index is 0.0171. The van der Waals surface area contributed by atoms with E-state index < -0.39 is 14.0 Å². The molecule has 0 radical (unpaired) electrons. The van der Waals surface area contributed by atoms with Gasteiger partial charge in [-0.1, -0.05) is 43.9 Å². The summed E-state index contributed by atoms with van der Waals surface area (Å²) in [6, 6.07) is 1.14. The zero-order valence-electron chi connectivity index (χ0n) is 16.3. The first-order valence-corrected chi connectivity index (χ1v) is 12.3. The normalized spacial score (nSPS) is 14.8.